The van der Waals surface area contributed by atoms with Gasteiger partial charge in [-0.25, -0.2) is 4.79 Å². The van der Waals surface area contributed by atoms with Gasteiger partial charge in [-0.1, -0.05) is 0 Å². The first kappa shape index (κ1) is 10.7. The molecule has 0 aliphatic heterocycles. The Morgan fingerprint density at radius 3 is 2.58 bits per heavy atom. The van der Waals surface area contributed by atoms with Crippen molar-refractivity contribution in [2.75, 3.05) is 26.8 Å². The molecule has 0 saturated heterocycles. The molecule has 0 aromatic heterocycles. The number of nitrogens with two attached hydrogens (primary N) is 1. The lowest BCUT2D eigenvalue weighted by Gasteiger charge is -2.13. The highest BCUT2D eigenvalue weighted by Crippen LogP contribution is 1.88. The number of aliphatic hydroxyl groups is 1. The van der Waals surface area contributed by atoms with E-state index in [1.165, 1.54) is 7.05 Å². The lowest BCUT2D eigenvalue weighted by atomic mass is 10.6. The van der Waals surface area contributed by atoms with E-state index in [1.807, 2.05) is 0 Å². The van der Waals surface area contributed by atoms with E-state index in [2.05, 4.69) is 4.74 Å². The minimum Gasteiger partial charge on any atom is -0.447 e. The van der Waals surface area contributed by atoms with Crippen LogP contribution in [0.4, 0.5) is 4.79 Å². The molecule has 0 aliphatic carbocycles. The van der Waals surface area contributed by atoms with E-state index in [4.69, 9.17) is 10.8 Å². The highest BCUT2D eigenvalue weighted by Gasteiger charge is 2.10. The number of hydrogen-bond donors (Lipinski definition) is 2. The number of hydrogen-bond acceptors (Lipinski definition) is 4. The largest absolute Gasteiger partial charge is 0.447 e. The lowest BCUT2D eigenvalue weighted by molar-refractivity contribution is -0.118. The molecule has 0 fully saturated rings. The van der Waals surface area contributed by atoms with Crippen molar-refractivity contribution in [3.63, 3.8) is 0 Å². The Bertz CT molecular complexity index is 171. The zero-order chi connectivity index (χ0) is 9.56. The maximum Gasteiger partial charge on any atom is 0.410 e. The van der Waals surface area contributed by atoms with Crippen LogP contribution in [0.5, 0.6) is 0 Å². The summed E-state index contributed by atoms with van der Waals surface area (Å²) >= 11 is 0. The van der Waals surface area contributed by atoms with Crippen molar-refractivity contribution in [1.82, 2.24) is 4.90 Å². The minimum absolute atomic E-state index is 0.0814. The van der Waals surface area contributed by atoms with Gasteiger partial charge in [-0.2, -0.15) is 0 Å². The average Bonchev–Trinajstić information content (AvgIpc) is 1.98. The first-order chi connectivity index (χ1) is 5.57. The van der Waals surface area contributed by atoms with Crippen LogP contribution in [0.3, 0.4) is 0 Å². The second-order valence-electron chi connectivity index (χ2n) is 2.16. The van der Waals surface area contributed by atoms with Crippen molar-refractivity contribution in [1.29, 1.82) is 0 Å². The predicted octanol–water partition coefficient (Wildman–Crippen LogP) is -1.47. The van der Waals surface area contributed by atoms with Crippen LogP contribution in [-0.2, 0) is 9.53 Å². The summed E-state index contributed by atoms with van der Waals surface area (Å²) in [5, 5.41) is 8.29. The van der Waals surface area contributed by atoms with E-state index in [9.17, 15) is 9.59 Å². The zero-order valence-corrected chi connectivity index (χ0v) is 6.82. The predicted molar refractivity (Wildman–Crippen MR) is 40.3 cm³/mol. The van der Waals surface area contributed by atoms with Gasteiger partial charge in [0.25, 0.3) is 0 Å². The fourth-order valence-corrected chi connectivity index (χ4v) is 0.541. The Morgan fingerprint density at radius 1 is 1.58 bits per heavy atom. The average molecular weight is 176 g/mol. The molecule has 0 rings (SSSR count). The Balaban J connectivity index is 3.69. The van der Waals surface area contributed by atoms with Crippen LogP contribution in [-0.4, -0.2) is 48.8 Å². The fraction of sp³-hybridized carbons (Fsp3) is 0.667. The van der Waals surface area contributed by atoms with Gasteiger partial charge < -0.3 is 20.5 Å². The molecule has 0 atom stereocenters. The first-order valence-electron chi connectivity index (χ1n) is 3.35. The van der Waals surface area contributed by atoms with Gasteiger partial charge >= 0.3 is 6.09 Å². The van der Waals surface area contributed by atoms with Gasteiger partial charge in [0, 0.05) is 7.05 Å². The molecule has 12 heavy (non-hydrogen) atoms. The van der Waals surface area contributed by atoms with Crippen LogP contribution in [0.25, 0.3) is 0 Å². The van der Waals surface area contributed by atoms with Crippen molar-refractivity contribution in [2.45, 2.75) is 0 Å². The summed E-state index contributed by atoms with van der Waals surface area (Å²) in [5.74, 6) is -0.613. The Kier molecular flexibility index (Phi) is 4.78. The van der Waals surface area contributed by atoms with Gasteiger partial charge in [0.2, 0.25) is 5.91 Å². The van der Waals surface area contributed by atoms with Gasteiger partial charge in [-0.15, -0.1) is 0 Å². The number of amides is 2. The van der Waals surface area contributed by atoms with E-state index in [0.29, 0.717) is 0 Å². The summed E-state index contributed by atoms with van der Waals surface area (Å²) in [4.78, 5) is 22.2. The molecule has 2 amide bonds. The van der Waals surface area contributed by atoms with Crippen LogP contribution >= 0.6 is 0 Å². The van der Waals surface area contributed by atoms with E-state index >= 15 is 0 Å². The highest BCUT2D eigenvalue weighted by atomic mass is 16.6. The molecule has 0 bridgehead atoms. The van der Waals surface area contributed by atoms with E-state index < -0.39 is 12.0 Å². The van der Waals surface area contributed by atoms with Crippen molar-refractivity contribution in [3.8, 4) is 0 Å². The van der Waals surface area contributed by atoms with Crippen LogP contribution in [0.15, 0.2) is 0 Å². The second-order valence-corrected chi connectivity index (χ2v) is 2.16. The third-order valence-corrected chi connectivity index (χ3v) is 1.02. The molecule has 0 unspecified atom stereocenters. The summed E-state index contributed by atoms with van der Waals surface area (Å²) in [6, 6.07) is 0. The van der Waals surface area contributed by atoms with E-state index in [1.54, 1.807) is 0 Å². The monoisotopic (exact) mass is 176 g/mol. The Labute approximate surface area is 69.9 Å². The molecule has 6 nitrogen and oxygen atoms in total. The van der Waals surface area contributed by atoms with Gasteiger partial charge in [-0.3, -0.25) is 4.79 Å². The molecule has 3 N–H and O–H groups in total. The van der Waals surface area contributed by atoms with Crippen molar-refractivity contribution >= 4 is 12.0 Å². The third kappa shape index (κ3) is 4.51. The molecule has 0 aromatic carbocycles. The topological polar surface area (TPSA) is 92.9 Å². The maximum atomic E-state index is 10.8. The van der Waals surface area contributed by atoms with Crippen molar-refractivity contribution in [3.05, 3.63) is 0 Å². The first-order valence-corrected chi connectivity index (χ1v) is 3.35. The molecule has 6 heteroatoms. The van der Waals surface area contributed by atoms with Crippen LogP contribution in [0, 0.1) is 0 Å². The maximum absolute atomic E-state index is 10.8. The van der Waals surface area contributed by atoms with Gasteiger partial charge in [-0.05, 0) is 0 Å². The Morgan fingerprint density at radius 2 is 2.17 bits per heavy atom. The quantitative estimate of drug-likeness (QED) is 0.547. The van der Waals surface area contributed by atoms with Crippen LogP contribution in [0.2, 0.25) is 0 Å². The number of ether oxygens (including phenoxy) is 1. The molecule has 70 valence electrons. The molecule has 0 heterocycles. The number of primary amides is 1. The molecular weight excluding hydrogens is 164 g/mol. The summed E-state index contributed by atoms with van der Waals surface area (Å²) in [5.41, 5.74) is 4.82. The number of aliphatic hydroxyl groups excluding tert-OH is 1. The second kappa shape index (κ2) is 5.36. The molecule has 0 aromatic rings. The number of carbonyl (C=O) groups excluding carboxylic acids is 2. The van der Waals surface area contributed by atoms with Gasteiger partial charge in [0.1, 0.15) is 13.2 Å². The summed E-state index contributed by atoms with van der Waals surface area (Å²) in [6.45, 7) is -0.512. The zero-order valence-electron chi connectivity index (χ0n) is 6.82. The molecule has 0 radical (unpaired) electrons. The standard InChI is InChI=1S/C6H12N2O4/c1-8(4-5(7)10)6(11)12-3-2-9/h9H,2-4H2,1H3,(H2,7,10). The van der Waals surface area contributed by atoms with Gasteiger partial charge in [0.15, 0.2) is 0 Å². The van der Waals surface area contributed by atoms with E-state index in [-0.39, 0.29) is 19.8 Å². The van der Waals surface area contributed by atoms with Crippen LogP contribution in [0.1, 0.15) is 0 Å². The van der Waals surface area contributed by atoms with Gasteiger partial charge in [0.05, 0.1) is 6.61 Å². The highest BCUT2D eigenvalue weighted by molar-refractivity contribution is 5.80. The summed E-state index contributed by atoms with van der Waals surface area (Å²) < 4.78 is 4.48. The smallest absolute Gasteiger partial charge is 0.410 e. The fourth-order valence-electron chi connectivity index (χ4n) is 0.541. The number of nitrogens with zero attached hydrogens (tertiary/aromatic N) is 1. The summed E-state index contributed by atoms with van der Waals surface area (Å²) in [6.07, 6.45) is -0.678. The lowest BCUT2D eigenvalue weighted by Crippen LogP contribution is -2.36. The summed E-state index contributed by atoms with van der Waals surface area (Å²) in [7, 11) is 1.38. The molecule has 0 saturated carbocycles. The van der Waals surface area contributed by atoms with Crippen molar-refractivity contribution in [2.24, 2.45) is 5.73 Å². The third-order valence-electron chi connectivity index (χ3n) is 1.02. The Hall–Kier alpha value is -1.30. The number of rotatable bonds is 4. The SMILES string of the molecule is CN(CC(N)=O)C(=O)OCCO. The molecular formula is C6H12N2O4. The normalized spacial score (nSPS) is 9.17. The van der Waals surface area contributed by atoms with Crippen molar-refractivity contribution < 1.29 is 19.4 Å². The minimum atomic E-state index is -0.678. The number of carbonyl (C=O) groups is 2. The molecule has 0 spiro atoms. The molecule has 0 aliphatic rings. The van der Waals surface area contributed by atoms with E-state index in [0.717, 1.165) is 4.90 Å². The number of likely N-dealkylation sites (N-methyl/N-ethyl adjacent to an activating group) is 1. The van der Waals surface area contributed by atoms with Crippen LogP contribution < -0.4 is 5.73 Å².